The fourth-order valence-corrected chi connectivity index (χ4v) is 1.74. The van der Waals surface area contributed by atoms with Gasteiger partial charge in [0.1, 0.15) is 5.69 Å². The van der Waals surface area contributed by atoms with E-state index in [0.717, 1.165) is 0 Å². The van der Waals surface area contributed by atoms with E-state index in [1.165, 1.54) is 6.07 Å². The third kappa shape index (κ3) is 4.87. The second-order valence-electron chi connectivity index (χ2n) is 4.69. The maximum Gasteiger partial charge on any atom is 0.292 e. The lowest BCUT2D eigenvalue weighted by molar-refractivity contribution is -0.384. The van der Waals surface area contributed by atoms with Gasteiger partial charge in [-0.25, -0.2) is 0 Å². The summed E-state index contributed by atoms with van der Waals surface area (Å²) in [5.74, 6) is -0.136. The lowest BCUT2D eigenvalue weighted by Gasteiger charge is -2.27. The molecule has 0 spiro atoms. The Balaban J connectivity index is 0.00000400. The first kappa shape index (κ1) is 19.1. The van der Waals surface area contributed by atoms with Crippen molar-refractivity contribution in [2.75, 3.05) is 32.1 Å². The number of nitrogens with zero attached hydrogens (tertiary/aromatic N) is 3. The molecule has 0 aliphatic carbocycles. The number of carbonyl (C=O) groups excluding carboxylic acids is 1. The Morgan fingerprint density at radius 1 is 1.38 bits per heavy atom. The SMILES string of the molecule is CC(CN)N(C)C(=O)CN(C)c1ccccc1[N+](=O)[O-].Cl. The molecule has 0 bridgehead atoms. The number of amides is 1. The summed E-state index contributed by atoms with van der Waals surface area (Å²) in [6.07, 6.45) is 0. The first-order valence-corrected chi connectivity index (χ1v) is 6.28. The van der Waals surface area contributed by atoms with Gasteiger partial charge in [0, 0.05) is 32.7 Å². The lowest BCUT2D eigenvalue weighted by atomic mass is 10.2. The van der Waals surface area contributed by atoms with Gasteiger partial charge in [-0.05, 0) is 13.0 Å². The minimum atomic E-state index is -0.456. The monoisotopic (exact) mass is 316 g/mol. The topological polar surface area (TPSA) is 92.7 Å². The number of para-hydroxylation sites is 2. The zero-order valence-electron chi connectivity index (χ0n) is 12.4. The Morgan fingerprint density at radius 2 is 1.95 bits per heavy atom. The van der Waals surface area contributed by atoms with Crippen LogP contribution in [0.1, 0.15) is 6.92 Å². The van der Waals surface area contributed by atoms with Crippen molar-refractivity contribution in [3.05, 3.63) is 34.4 Å². The molecule has 1 rings (SSSR count). The van der Waals surface area contributed by atoms with Crippen molar-refractivity contribution in [2.24, 2.45) is 5.73 Å². The molecule has 1 amide bonds. The van der Waals surface area contributed by atoms with Crippen LogP contribution in [0, 0.1) is 10.1 Å². The smallest absolute Gasteiger partial charge is 0.292 e. The molecule has 2 N–H and O–H groups in total. The molecule has 0 saturated carbocycles. The van der Waals surface area contributed by atoms with Gasteiger partial charge in [0.2, 0.25) is 5.91 Å². The summed E-state index contributed by atoms with van der Waals surface area (Å²) in [6.45, 7) is 2.28. The third-order valence-corrected chi connectivity index (χ3v) is 3.26. The highest BCUT2D eigenvalue weighted by atomic mass is 35.5. The van der Waals surface area contributed by atoms with Crippen LogP contribution in [-0.2, 0) is 4.79 Å². The first-order valence-electron chi connectivity index (χ1n) is 6.28. The summed E-state index contributed by atoms with van der Waals surface area (Å²) in [7, 11) is 3.33. The van der Waals surface area contributed by atoms with E-state index in [1.807, 2.05) is 6.92 Å². The molecule has 1 aromatic rings. The number of halogens is 1. The minimum Gasteiger partial charge on any atom is -0.360 e. The van der Waals surface area contributed by atoms with Crippen molar-refractivity contribution in [1.29, 1.82) is 0 Å². The molecule has 7 nitrogen and oxygen atoms in total. The molecule has 1 unspecified atom stereocenters. The standard InChI is InChI=1S/C13H20N4O3.ClH/c1-10(8-14)16(3)13(18)9-15(2)11-6-4-5-7-12(11)17(19)20;/h4-7,10H,8-9,14H2,1-3H3;1H. The average molecular weight is 317 g/mol. The molecule has 0 saturated heterocycles. The molecule has 0 fully saturated rings. The molecule has 0 aliphatic heterocycles. The molecule has 21 heavy (non-hydrogen) atoms. The number of anilines is 1. The predicted molar refractivity (Wildman–Crippen MR) is 84.9 cm³/mol. The number of likely N-dealkylation sites (N-methyl/N-ethyl adjacent to an activating group) is 2. The number of hydrogen-bond donors (Lipinski definition) is 1. The Hall–Kier alpha value is -1.86. The van der Waals surface area contributed by atoms with Gasteiger partial charge in [0.25, 0.3) is 5.69 Å². The van der Waals surface area contributed by atoms with Crippen LogP contribution in [-0.4, -0.2) is 49.0 Å². The van der Waals surface area contributed by atoms with Crippen LogP contribution in [0.3, 0.4) is 0 Å². The van der Waals surface area contributed by atoms with E-state index in [4.69, 9.17) is 5.73 Å². The van der Waals surface area contributed by atoms with Crippen LogP contribution in [0.25, 0.3) is 0 Å². The van der Waals surface area contributed by atoms with Gasteiger partial charge in [0.15, 0.2) is 0 Å². The molecule has 0 heterocycles. The average Bonchev–Trinajstić information content (AvgIpc) is 2.45. The Labute approximate surface area is 130 Å². The summed E-state index contributed by atoms with van der Waals surface area (Å²) in [5.41, 5.74) is 5.92. The van der Waals surface area contributed by atoms with E-state index in [2.05, 4.69) is 0 Å². The molecular formula is C13H21ClN4O3. The van der Waals surface area contributed by atoms with Gasteiger partial charge in [-0.3, -0.25) is 14.9 Å². The highest BCUT2D eigenvalue weighted by Gasteiger charge is 2.20. The van der Waals surface area contributed by atoms with Crippen LogP contribution in [0.4, 0.5) is 11.4 Å². The van der Waals surface area contributed by atoms with Crippen molar-refractivity contribution in [1.82, 2.24) is 4.90 Å². The molecule has 1 atom stereocenters. The fraction of sp³-hybridized carbons (Fsp3) is 0.462. The van der Waals surface area contributed by atoms with E-state index >= 15 is 0 Å². The van der Waals surface area contributed by atoms with Gasteiger partial charge < -0.3 is 15.5 Å². The quantitative estimate of drug-likeness (QED) is 0.630. The van der Waals surface area contributed by atoms with E-state index in [9.17, 15) is 14.9 Å². The zero-order valence-corrected chi connectivity index (χ0v) is 13.2. The van der Waals surface area contributed by atoms with Gasteiger partial charge >= 0.3 is 0 Å². The summed E-state index contributed by atoms with van der Waals surface area (Å²) >= 11 is 0. The van der Waals surface area contributed by atoms with Crippen LogP contribution in [0.15, 0.2) is 24.3 Å². The molecule has 0 aromatic heterocycles. The predicted octanol–water partition coefficient (Wildman–Crippen LogP) is 1.26. The molecule has 0 radical (unpaired) electrons. The van der Waals surface area contributed by atoms with E-state index < -0.39 is 4.92 Å². The van der Waals surface area contributed by atoms with Gasteiger partial charge in [0.05, 0.1) is 11.5 Å². The highest BCUT2D eigenvalue weighted by molar-refractivity contribution is 5.85. The third-order valence-electron chi connectivity index (χ3n) is 3.26. The molecule has 1 aromatic carbocycles. The minimum absolute atomic E-state index is 0. The second-order valence-corrected chi connectivity index (χ2v) is 4.69. The normalized spacial score (nSPS) is 11.2. The maximum atomic E-state index is 12.1. The largest absolute Gasteiger partial charge is 0.360 e. The van der Waals surface area contributed by atoms with Crippen LogP contribution in [0.2, 0.25) is 0 Å². The van der Waals surface area contributed by atoms with Crippen LogP contribution in [0.5, 0.6) is 0 Å². The van der Waals surface area contributed by atoms with E-state index in [1.54, 1.807) is 42.1 Å². The first-order chi connectivity index (χ1) is 9.38. The summed E-state index contributed by atoms with van der Waals surface area (Å²) in [5, 5.41) is 11.0. The highest BCUT2D eigenvalue weighted by Crippen LogP contribution is 2.26. The van der Waals surface area contributed by atoms with E-state index in [0.29, 0.717) is 12.2 Å². The van der Waals surface area contributed by atoms with E-state index in [-0.39, 0.29) is 36.6 Å². The van der Waals surface area contributed by atoms with Crippen molar-refractivity contribution in [3.8, 4) is 0 Å². The number of nitrogens with two attached hydrogens (primary N) is 1. The van der Waals surface area contributed by atoms with Gasteiger partial charge in [-0.2, -0.15) is 0 Å². The van der Waals surface area contributed by atoms with Crippen LogP contribution >= 0.6 is 12.4 Å². The van der Waals surface area contributed by atoms with Crippen molar-refractivity contribution in [2.45, 2.75) is 13.0 Å². The molecule has 8 heteroatoms. The Bertz CT molecular complexity index is 498. The second kappa shape index (κ2) is 8.43. The fourth-order valence-electron chi connectivity index (χ4n) is 1.74. The molecular weight excluding hydrogens is 296 g/mol. The number of benzene rings is 1. The van der Waals surface area contributed by atoms with Crippen molar-refractivity contribution >= 4 is 29.7 Å². The molecule has 0 aliphatic rings. The number of hydrogen-bond acceptors (Lipinski definition) is 5. The number of carbonyl (C=O) groups is 1. The number of rotatable bonds is 6. The summed E-state index contributed by atoms with van der Waals surface area (Å²) in [4.78, 5) is 25.7. The Morgan fingerprint density at radius 3 is 2.48 bits per heavy atom. The van der Waals surface area contributed by atoms with Crippen LogP contribution < -0.4 is 10.6 Å². The van der Waals surface area contributed by atoms with Crippen molar-refractivity contribution < 1.29 is 9.72 Å². The Kier molecular flexibility index (Phi) is 7.69. The zero-order chi connectivity index (χ0) is 15.3. The van der Waals surface area contributed by atoms with Gasteiger partial charge in [-0.1, -0.05) is 12.1 Å². The number of nitro groups is 1. The van der Waals surface area contributed by atoms with Crippen molar-refractivity contribution in [3.63, 3.8) is 0 Å². The lowest BCUT2D eigenvalue weighted by Crippen LogP contribution is -2.44. The molecule has 118 valence electrons. The van der Waals surface area contributed by atoms with Gasteiger partial charge in [-0.15, -0.1) is 12.4 Å². The number of nitro benzene ring substituents is 1. The summed E-state index contributed by atoms with van der Waals surface area (Å²) < 4.78 is 0. The summed E-state index contributed by atoms with van der Waals surface area (Å²) in [6, 6.07) is 6.28. The maximum absolute atomic E-state index is 12.1.